The van der Waals surface area contributed by atoms with Crippen LogP contribution in [0.5, 0.6) is 0 Å². The van der Waals surface area contributed by atoms with Gasteiger partial charge in [0.05, 0.1) is 0 Å². The van der Waals surface area contributed by atoms with E-state index in [0.29, 0.717) is 0 Å². The first-order valence-corrected chi connectivity index (χ1v) is 6.42. The number of rotatable bonds is 4. The quantitative estimate of drug-likeness (QED) is 0.852. The molecule has 1 heterocycles. The van der Waals surface area contributed by atoms with E-state index in [1.165, 1.54) is 34.1 Å². The van der Waals surface area contributed by atoms with Crippen molar-refractivity contribution in [3.05, 3.63) is 35.0 Å². The van der Waals surface area contributed by atoms with E-state index in [2.05, 4.69) is 48.9 Å². The lowest BCUT2D eigenvalue weighted by Gasteiger charge is -2.06. The van der Waals surface area contributed by atoms with Crippen LogP contribution in [0.4, 0.5) is 0 Å². The van der Waals surface area contributed by atoms with Crippen LogP contribution in [0.1, 0.15) is 30.2 Å². The average Bonchev–Trinajstić information content (AvgIpc) is 2.56. The SMILES string of the molecule is CCCn1c(C)c(C)c2cc(CNC)ccc21. The Hall–Kier alpha value is -1.28. The van der Waals surface area contributed by atoms with Crippen molar-refractivity contribution in [3.8, 4) is 0 Å². The third-order valence-corrected chi connectivity index (χ3v) is 3.53. The molecule has 0 unspecified atom stereocenters. The molecule has 0 atom stereocenters. The normalized spacial score (nSPS) is 11.3. The molecular formula is C15H22N2. The molecule has 0 radical (unpaired) electrons. The predicted molar refractivity (Wildman–Crippen MR) is 74.5 cm³/mol. The zero-order valence-corrected chi connectivity index (χ0v) is 11.3. The first-order chi connectivity index (χ1) is 8.19. The fourth-order valence-corrected chi connectivity index (χ4v) is 2.52. The second-order valence-electron chi connectivity index (χ2n) is 4.74. The highest BCUT2D eigenvalue weighted by molar-refractivity contribution is 5.86. The van der Waals surface area contributed by atoms with Crippen LogP contribution in [0.15, 0.2) is 18.2 Å². The van der Waals surface area contributed by atoms with Crippen molar-refractivity contribution in [3.63, 3.8) is 0 Å². The van der Waals surface area contributed by atoms with Crippen molar-refractivity contribution < 1.29 is 0 Å². The van der Waals surface area contributed by atoms with Crippen LogP contribution in [0, 0.1) is 13.8 Å². The number of hydrogen-bond acceptors (Lipinski definition) is 1. The summed E-state index contributed by atoms with van der Waals surface area (Å²) in [5, 5.41) is 4.61. The van der Waals surface area contributed by atoms with E-state index in [0.717, 1.165) is 13.1 Å². The Morgan fingerprint density at radius 2 is 2.00 bits per heavy atom. The van der Waals surface area contributed by atoms with Gasteiger partial charge in [0.1, 0.15) is 0 Å². The molecule has 0 bridgehead atoms. The van der Waals surface area contributed by atoms with Gasteiger partial charge >= 0.3 is 0 Å². The Bertz CT molecular complexity index is 523. The summed E-state index contributed by atoms with van der Waals surface area (Å²) in [6, 6.07) is 6.81. The summed E-state index contributed by atoms with van der Waals surface area (Å²) < 4.78 is 2.44. The zero-order chi connectivity index (χ0) is 12.4. The Morgan fingerprint density at radius 1 is 1.24 bits per heavy atom. The van der Waals surface area contributed by atoms with Crippen LogP contribution in [0.25, 0.3) is 10.9 Å². The number of hydrogen-bond donors (Lipinski definition) is 1. The van der Waals surface area contributed by atoms with Gasteiger partial charge in [-0.3, -0.25) is 0 Å². The molecule has 0 saturated carbocycles. The van der Waals surface area contributed by atoms with Gasteiger partial charge in [-0.1, -0.05) is 13.0 Å². The molecule has 0 spiro atoms. The van der Waals surface area contributed by atoms with Crippen LogP contribution in [0.2, 0.25) is 0 Å². The van der Waals surface area contributed by atoms with E-state index in [-0.39, 0.29) is 0 Å². The molecule has 1 aromatic carbocycles. The number of fused-ring (bicyclic) bond motifs is 1. The monoisotopic (exact) mass is 230 g/mol. The summed E-state index contributed by atoms with van der Waals surface area (Å²) in [7, 11) is 1.99. The summed E-state index contributed by atoms with van der Waals surface area (Å²) in [5.74, 6) is 0. The van der Waals surface area contributed by atoms with Crippen molar-refractivity contribution in [1.82, 2.24) is 9.88 Å². The first kappa shape index (κ1) is 12.2. The molecule has 1 aromatic heterocycles. The number of nitrogens with zero attached hydrogens (tertiary/aromatic N) is 1. The first-order valence-electron chi connectivity index (χ1n) is 6.42. The molecule has 0 fully saturated rings. The van der Waals surface area contributed by atoms with Gasteiger partial charge in [0.2, 0.25) is 0 Å². The van der Waals surface area contributed by atoms with Gasteiger partial charge in [0, 0.05) is 29.7 Å². The van der Waals surface area contributed by atoms with Gasteiger partial charge < -0.3 is 9.88 Å². The van der Waals surface area contributed by atoms with Crippen LogP contribution >= 0.6 is 0 Å². The minimum atomic E-state index is 0.938. The van der Waals surface area contributed by atoms with E-state index >= 15 is 0 Å². The van der Waals surface area contributed by atoms with Gasteiger partial charge in [-0.05, 0) is 50.6 Å². The van der Waals surface area contributed by atoms with E-state index in [4.69, 9.17) is 0 Å². The maximum absolute atomic E-state index is 3.21. The van der Waals surface area contributed by atoms with E-state index in [1.807, 2.05) is 7.05 Å². The maximum atomic E-state index is 3.21. The van der Waals surface area contributed by atoms with E-state index < -0.39 is 0 Å². The molecule has 2 aromatic rings. The topological polar surface area (TPSA) is 17.0 Å². The molecular weight excluding hydrogens is 208 g/mol. The van der Waals surface area contributed by atoms with Crippen molar-refractivity contribution in [2.24, 2.45) is 0 Å². The number of benzene rings is 1. The Kier molecular flexibility index (Phi) is 3.53. The second-order valence-corrected chi connectivity index (χ2v) is 4.74. The van der Waals surface area contributed by atoms with Gasteiger partial charge in [0.15, 0.2) is 0 Å². The fourth-order valence-electron chi connectivity index (χ4n) is 2.52. The Labute approximate surface area is 104 Å². The predicted octanol–water partition coefficient (Wildman–Crippen LogP) is 3.39. The molecule has 0 aliphatic heterocycles. The summed E-state index contributed by atoms with van der Waals surface area (Å²) in [5.41, 5.74) is 5.56. The standard InChI is InChI=1S/C15H22N2/c1-5-8-17-12(3)11(2)14-9-13(10-16-4)6-7-15(14)17/h6-7,9,16H,5,8,10H2,1-4H3. The largest absolute Gasteiger partial charge is 0.345 e. The second kappa shape index (κ2) is 4.92. The zero-order valence-electron chi connectivity index (χ0n) is 11.3. The summed E-state index contributed by atoms with van der Waals surface area (Å²) >= 11 is 0. The average molecular weight is 230 g/mol. The van der Waals surface area contributed by atoms with Crippen LogP contribution in [-0.4, -0.2) is 11.6 Å². The molecule has 92 valence electrons. The molecule has 17 heavy (non-hydrogen) atoms. The minimum Gasteiger partial charge on any atom is -0.345 e. The molecule has 2 rings (SSSR count). The van der Waals surface area contributed by atoms with Gasteiger partial charge in [-0.15, -0.1) is 0 Å². The molecule has 2 nitrogen and oxygen atoms in total. The molecule has 0 amide bonds. The molecule has 0 aliphatic rings. The van der Waals surface area contributed by atoms with Crippen molar-refractivity contribution >= 4 is 10.9 Å². The number of aryl methyl sites for hydroxylation is 2. The third-order valence-electron chi connectivity index (χ3n) is 3.53. The van der Waals surface area contributed by atoms with Crippen molar-refractivity contribution in [1.29, 1.82) is 0 Å². The van der Waals surface area contributed by atoms with Crippen LogP contribution in [-0.2, 0) is 13.1 Å². The van der Waals surface area contributed by atoms with Gasteiger partial charge in [-0.2, -0.15) is 0 Å². The summed E-state index contributed by atoms with van der Waals surface area (Å²) in [6.07, 6.45) is 1.18. The van der Waals surface area contributed by atoms with Crippen LogP contribution < -0.4 is 5.32 Å². The molecule has 1 N–H and O–H groups in total. The van der Waals surface area contributed by atoms with E-state index in [1.54, 1.807) is 0 Å². The smallest absolute Gasteiger partial charge is 0.0485 e. The van der Waals surface area contributed by atoms with Gasteiger partial charge in [0.25, 0.3) is 0 Å². The summed E-state index contributed by atoms with van der Waals surface area (Å²) in [4.78, 5) is 0. The highest BCUT2D eigenvalue weighted by Crippen LogP contribution is 2.26. The van der Waals surface area contributed by atoms with E-state index in [9.17, 15) is 0 Å². The minimum absolute atomic E-state index is 0.938. The summed E-state index contributed by atoms with van der Waals surface area (Å²) in [6.45, 7) is 8.74. The third kappa shape index (κ3) is 2.09. The lowest BCUT2D eigenvalue weighted by molar-refractivity contribution is 0.684. The highest BCUT2D eigenvalue weighted by Gasteiger charge is 2.10. The lowest BCUT2D eigenvalue weighted by Crippen LogP contribution is -2.04. The number of nitrogens with one attached hydrogen (secondary N) is 1. The number of aromatic nitrogens is 1. The Morgan fingerprint density at radius 3 is 2.65 bits per heavy atom. The maximum Gasteiger partial charge on any atom is 0.0485 e. The fraction of sp³-hybridized carbons (Fsp3) is 0.467. The molecule has 0 aliphatic carbocycles. The van der Waals surface area contributed by atoms with Crippen molar-refractivity contribution in [2.45, 2.75) is 40.3 Å². The Balaban J connectivity index is 2.59. The molecule has 2 heteroatoms. The van der Waals surface area contributed by atoms with Crippen molar-refractivity contribution in [2.75, 3.05) is 7.05 Å². The van der Waals surface area contributed by atoms with Gasteiger partial charge in [-0.25, -0.2) is 0 Å². The van der Waals surface area contributed by atoms with Crippen LogP contribution in [0.3, 0.4) is 0 Å². The lowest BCUT2D eigenvalue weighted by atomic mass is 10.1. The highest BCUT2D eigenvalue weighted by atomic mass is 15.0. The molecule has 0 saturated heterocycles.